The van der Waals surface area contributed by atoms with Gasteiger partial charge in [0, 0.05) is 23.4 Å². The van der Waals surface area contributed by atoms with Gasteiger partial charge in [0.25, 0.3) is 0 Å². The van der Waals surface area contributed by atoms with Crippen LogP contribution in [0.25, 0.3) is 0 Å². The van der Waals surface area contributed by atoms with Crippen LogP contribution in [0.3, 0.4) is 0 Å². The summed E-state index contributed by atoms with van der Waals surface area (Å²) in [6.45, 7) is 1.32. The molecule has 3 aromatic carbocycles. The maximum Gasteiger partial charge on any atom is 0.186 e. The van der Waals surface area contributed by atoms with Gasteiger partial charge in [-0.2, -0.15) is 0 Å². The molecule has 1 unspecified atom stereocenters. The van der Waals surface area contributed by atoms with E-state index in [1.54, 1.807) is 14.2 Å². The van der Waals surface area contributed by atoms with E-state index >= 15 is 0 Å². The minimum absolute atomic E-state index is 0.0461. The number of Topliss-reactive ketones (excluding diaryl/α,β-unsaturated/α-hetero) is 1. The molecule has 0 aliphatic carbocycles. The van der Waals surface area contributed by atoms with Gasteiger partial charge in [0.1, 0.15) is 17.0 Å². The second-order valence-corrected chi connectivity index (χ2v) is 7.77. The highest BCUT2D eigenvalue weighted by atomic mass is 16.5. The van der Waals surface area contributed by atoms with Crippen molar-refractivity contribution in [3.05, 3.63) is 90.0 Å². The largest absolute Gasteiger partial charge is 0.497 e. The summed E-state index contributed by atoms with van der Waals surface area (Å²) in [4.78, 5) is 18.3. The summed E-state index contributed by atoms with van der Waals surface area (Å²) in [5, 5.41) is 0. The van der Waals surface area contributed by atoms with E-state index in [0.717, 1.165) is 28.3 Å². The maximum absolute atomic E-state index is 13.8. The van der Waals surface area contributed by atoms with Crippen LogP contribution in [-0.2, 0) is 0 Å². The van der Waals surface area contributed by atoms with Gasteiger partial charge >= 0.3 is 0 Å². The van der Waals surface area contributed by atoms with E-state index in [0.29, 0.717) is 13.2 Å². The number of hydrogen-bond acceptors (Lipinski definition) is 5. The van der Waals surface area contributed by atoms with E-state index in [-0.39, 0.29) is 11.8 Å². The minimum Gasteiger partial charge on any atom is -0.497 e. The van der Waals surface area contributed by atoms with E-state index in [2.05, 4.69) is 21.9 Å². The van der Waals surface area contributed by atoms with Crippen LogP contribution in [0.15, 0.2) is 78.9 Å². The Morgan fingerprint density at radius 3 is 2.30 bits per heavy atom. The number of ketones is 1. The van der Waals surface area contributed by atoms with E-state index in [1.165, 1.54) is 0 Å². The molecule has 2 fully saturated rings. The summed E-state index contributed by atoms with van der Waals surface area (Å²) in [5.41, 5.74) is 2.24. The van der Waals surface area contributed by atoms with Gasteiger partial charge in [0.05, 0.1) is 26.9 Å². The molecule has 0 bridgehead atoms. The molecule has 2 heterocycles. The van der Waals surface area contributed by atoms with Gasteiger partial charge in [0.2, 0.25) is 0 Å². The second-order valence-electron chi connectivity index (χ2n) is 7.77. The summed E-state index contributed by atoms with van der Waals surface area (Å²) >= 11 is 0. The number of rotatable bonds is 6. The Kier molecular flexibility index (Phi) is 4.48. The summed E-state index contributed by atoms with van der Waals surface area (Å²) in [5.74, 6) is 1.69. The van der Waals surface area contributed by atoms with Gasteiger partial charge < -0.3 is 14.4 Å². The van der Waals surface area contributed by atoms with Crippen LogP contribution < -0.4 is 14.4 Å². The van der Waals surface area contributed by atoms with Crippen molar-refractivity contribution >= 4 is 11.5 Å². The highest BCUT2D eigenvalue weighted by Crippen LogP contribution is 2.61. The molecule has 3 atom stereocenters. The lowest BCUT2D eigenvalue weighted by atomic mass is 9.90. The van der Waals surface area contributed by atoms with Crippen molar-refractivity contribution in [3.63, 3.8) is 0 Å². The fourth-order valence-corrected chi connectivity index (χ4v) is 4.76. The van der Waals surface area contributed by atoms with Crippen molar-refractivity contribution in [1.82, 2.24) is 4.90 Å². The third-order valence-corrected chi connectivity index (χ3v) is 6.25. The van der Waals surface area contributed by atoms with Crippen molar-refractivity contribution in [1.29, 1.82) is 0 Å². The van der Waals surface area contributed by atoms with Crippen LogP contribution in [0.4, 0.5) is 5.69 Å². The first-order valence-corrected chi connectivity index (χ1v) is 10.1. The highest BCUT2D eigenvalue weighted by Gasteiger charge is 2.72. The van der Waals surface area contributed by atoms with Gasteiger partial charge in [-0.25, -0.2) is 0 Å². The molecule has 0 radical (unpaired) electrons. The van der Waals surface area contributed by atoms with Gasteiger partial charge in [-0.15, -0.1) is 0 Å². The molecule has 152 valence electrons. The molecule has 0 N–H and O–H groups in total. The molecule has 0 spiro atoms. The fourth-order valence-electron chi connectivity index (χ4n) is 4.76. The van der Waals surface area contributed by atoms with E-state index in [4.69, 9.17) is 9.47 Å². The second kappa shape index (κ2) is 7.18. The lowest BCUT2D eigenvalue weighted by Crippen LogP contribution is -2.35. The van der Waals surface area contributed by atoms with Crippen LogP contribution >= 0.6 is 0 Å². The summed E-state index contributed by atoms with van der Waals surface area (Å²) in [6.07, 6.45) is 0. The molecule has 0 aromatic heterocycles. The lowest BCUT2D eigenvalue weighted by molar-refractivity contribution is 0.0933. The molecule has 3 aromatic rings. The zero-order valence-electron chi connectivity index (χ0n) is 17.1. The summed E-state index contributed by atoms with van der Waals surface area (Å²) < 4.78 is 11.1. The Labute approximate surface area is 176 Å². The molecule has 5 rings (SSSR count). The van der Waals surface area contributed by atoms with E-state index in [9.17, 15) is 4.79 Å². The molecule has 2 saturated heterocycles. The number of nitrogens with zero attached hydrogens (tertiary/aromatic N) is 2. The quantitative estimate of drug-likeness (QED) is 0.459. The number of anilines is 1. The van der Waals surface area contributed by atoms with E-state index in [1.807, 2.05) is 66.7 Å². The molecule has 30 heavy (non-hydrogen) atoms. The molecule has 2 aliphatic heterocycles. The maximum atomic E-state index is 13.8. The number of para-hydroxylation sites is 1. The Hall–Kier alpha value is -3.31. The van der Waals surface area contributed by atoms with Crippen molar-refractivity contribution in [2.45, 2.75) is 11.6 Å². The number of methoxy groups -OCH3 is 2. The standard InChI is InChI=1S/C25H24N2O3/c1-29-20-13-14-22(30-2)21(15-20)23-25(24(28)18-9-5-3-6-10-18)16-26(17-27(23)25)19-11-7-4-8-12-19/h3-15,23H,16-17H2,1-2H3/t23-,25-,27?/m0/s1. The Morgan fingerprint density at radius 2 is 1.63 bits per heavy atom. The van der Waals surface area contributed by atoms with Crippen molar-refractivity contribution in [3.8, 4) is 11.5 Å². The first kappa shape index (κ1) is 18.7. The lowest BCUT2D eigenvalue weighted by Gasteiger charge is -2.24. The fraction of sp³-hybridized carbons (Fsp3) is 0.240. The van der Waals surface area contributed by atoms with Crippen LogP contribution in [0.5, 0.6) is 11.5 Å². The smallest absolute Gasteiger partial charge is 0.186 e. The molecular formula is C25H24N2O3. The number of carbonyl (C=O) groups is 1. The SMILES string of the molecule is COc1ccc(OC)c([C@@H]2N3CN(c4ccccc4)C[C@@]23C(=O)c2ccccc2)c1. The Bertz CT molecular complexity index is 1070. The topological polar surface area (TPSA) is 41.8 Å². The molecule has 5 nitrogen and oxygen atoms in total. The summed E-state index contributed by atoms with van der Waals surface area (Å²) in [6, 6.07) is 25.6. The predicted octanol–water partition coefficient (Wildman–Crippen LogP) is 4.16. The third kappa shape index (κ3) is 2.77. The summed E-state index contributed by atoms with van der Waals surface area (Å²) in [7, 11) is 3.32. The first-order chi connectivity index (χ1) is 14.7. The number of ether oxygens (including phenoxy) is 2. The van der Waals surface area contributed by atoms with Crippen molar-refractivity contribution in [2.75, 3.05) is 32.3 Å². The third-order valence-electron chi connectivity index (χ3n) is 6.25. The van der Waals surface area contributed by atoms with Gasteiger partial charge in [0.15, 0.2) is 5.78 Å². The molecule has 2 aliphatic rings. The molecular weight excluding hydrogens is 376 g/mol. The minimum atomic E-state index is -0.614. The van der Waals surface area contributed by atoms with Crippen LogP contribution in [0, 0.1) is 0 Å². The van der Waals surface area contributed by atoms with Crippen LogP contribution in [0.2, 0.25) is 0 Å². The van der Waals surface area contributed by atoms with Crippen LogP contribution in [0.1, 0.15) is 22.0 Å². The predicted molar refractivity (Wildman–Crippen MR) is 116 cm³/mol. The highest BCUT2D eigenvalue weighted by molar-refractivity contribution is 6.07. The number of hydrogen-bond donors (Lipinski definition) is 0. The number of carbonyl (C=O) groups excluding carboxylic acids is 1. The van der Waals surface area contributed by atoms with Gasteiger partial charge in [-0.3, -0.25) is 9.69 Å². The zero-order chi connectivity index (χ0) is 20.7. The Morgan fingerprint density at radius 1 is 0.933 bits per heavy atom. The van der Waals surface area contributed by atoms with E-state index < -0.39 is 5.54 Å². The molecule has 5 heteroatoms. The van der Waals surface area contributed by atoms with Crippen molar-refractivity contribution in [2.24, 2.45) is 0 Å². The van der Waals surface area contributed by atoms with Crippen molar-refractivity contribution < 1.29 is 14.3 Å². The zero-order valence-corrected chi connectivity index (χ0v) is 17.1. The molecule has 0 saturated carbocycles. The number of benzene rings is 3. The van der Waals surface area contributed by atoms with Gasteiger partial charge in [-0.1, -0.05) is 48.5 Å². The first-order valence-electron chi connectivity index (χ1n) is 10.1. The number of fused-ring (bicyclic) bond motifs is 1. The van der Waals surface area contributed by atoms with Gasteiger partial charge in [-0.05, 0) is 30.3 Å². The molecule has 0 amide bonds. The average Bonchev–Trinajstić information content (AvgIpc) is 3.27. The Balaban J connectivity index is 1.56. The monoisotopic (exact) mass is 400 g/mol. The normalized spacial score (nSPS) is 24.3. The average molecular weight is 400 g/mol. The van der Waals surface area contributed by atoms with Crippen LogP contribution in [-0.4, -0.2) is 43.7 Å².